The normalized spacial score (nSPS) is 24.6. The van der Waals surface area contributed by atoms with Crippen LogP contribution in [0.1, 0.15) is 57.6 Å². The smallest absolute Gasteiger partial charge is 0.0410 e. The fourth-order valence-corrected chi connectivity index (χ4v) is 4.11. The monoisotopic (exact) mass is 357 g/mol. The van der Waals surface area contributed by atoms with Crippen molar-refractivity contribution in [2.75, 3.05) is 6.54 Å². The van der Waals surface area contributed by atoms with E-state index in [0.29, 0.717) is 6.04 Å². The van der Waals surface area contributed by atoms with Crippen molar-refractivity contribution in [1.29, 1.82) is 0 Å². The lowest BCUT2D eigenvalue weighted by Crippen LogP contribution is -2.31. The second-order valence-corrected chi connectivity index (χ2v) is 7.18. The fourth-order valence-electron chi connectivity index (χ4n) is 3.43. The molecule has 0 saturated heterocycles. The summed E-state index contributed by atoms with van der Waals surface area (Å²) < 4.78 is 1.17. The van der Waals surface area contributed by atoms with Gasteiger partial charge in [-0.3, -0.25) is 0 Å². The summed E-state index contributed by atoms with van der Waals surface area (Å²) in [5.74, 6) is 1.67. The number of hydrogen-bond acceptors (Lipinski definition) is 1. The molecule has 0 bridgehead atoms. The lowest BCUT2D eigenvalue weighted by atomic mass is 9.76. The summed E-state index contributed by atoms with van der Waals surface area (Å²) in [7, 11) is 0. The van der Waals surface area contributed by atoms with E-state index in [1.807, 2.05) is 6.07 Å². The molecule has 0 aromatic heterocycles. The van der Waals surface area contributed by atoms with Crippen LogP contribution in [0.15, 0.2) is 22.7 Å². The third-order valence-electron chi connectivity index (χ3n) is 4.66. The summed E-state index contributed by atoms with van der Waals surface area (Å²) in [5.41, 5.74) is 1.32. The maximum atomic E-state index is 6.20. The molecule has 1 N–H and O–H groups in total. The van der Waals surface area contributed by atoms with Crippen LogP contribution in [-0.2, 0) is 0 Å². The van der Waals surface area contributed by atoms with Gasteiger partial charge in [-0.1, -0.05) is 60.6 Å². The number of nitrogens with one attached hydrogen (secondary N) is 1. The number of benzene rings is 1. The summed E-state index contributed by atoms with van der Waals surface area (Å²) in [6.45, 7) is 5.50. The third kappa shape index (κ3) is 3.99. The van der Waals surface area contributed by atoms with Gasteiger partial charge in [-0.05, 0) is 55.0 Å². The van der Waals surface area contributed by atoms with Crippen molar-refractivity contribution in [3.05, 3.63) is 33.3 Å². The standard InChI is InChI=1S/C17H25BrClN/c1-3-12-5-7-13(8-6-12)17(20-4-2)15-11-14(19)9-10-16(15)18/h9-13,17,20H,3-8H2,1-2H3. The summed E-state index contributed by atoms with van der Waals surface area (Å²) >= 11 is 9.89. The molecule has 1 atom stereocenters. The summed E-state index contributed by atoms with van der Waals surface area (Å²) in [6.07, 6.45) is 6.74. The van der Waals surface area contributed by atoms with E-state index in [0.717, 1.165) is 23.4 Å². The highest BCUT2D eigenvalue weighted by Gasteiger charge is 2.28. The van der Waals surface area contributed by atoms with Crippen LogP contribution in [0.3, 0.4) is 0 Å². The summed E-state index contributed by atoms with van der Waals surface area (Å²) in [4.78, 5) is 0. The van der Waals surface area contributed by atoms with Crippen molar-refractivity contribution in [2.45, 2.75) is 52.0 Å². The lowest BCUT2D eigenvalue weighted by molar-refractivity contribution is 0.220. The molecule has 1 aliphatic carbocycles. The van der Waals surface area contributed by atoms with Gasteiger partial charge in [0.15, 0.2) is 0 Å². The Morgan fingerprint density at radius 2 is 1.95 bits per heavy atom. The predicted octanol–water partition coefficient (Wildman–Crippen LogP) is 5.97. The quantitative estimate of drug-likeness (QED) is 0.683. The average Bonchev–Trinajstić information content (AvgIpc) is 2.48. The van der Waals surface area contributed by atoms with Gasteiger partial charge in [0.1, 0.15) is 0 Å². The van der Waals surface area contributed by atoms with Gasteiger partial charge in [0.25, 0.3) is 0 Å². The molecule has 0 aliphatic heterocycles. The number of rotatable bonds is 5. The Bertz CT molecular complexity index is 427. The van der Waals surface area contributed by atoms with Crippen molar-refractivity contribution in [2.24, 2.45) is 11.8 Å². The highest BCUT2D eigenvalue weighted by molar-refractivity contribution is 9.10. The topological polar surface area (TPSA) is 12.0 Å². The zero-order valence-corrected chi connectivity index (χ0v) is 14.8. The van der Waals surface area contributed by atoms with Crippen LogP contribution in [0.2, 0.25) is 5.02 Å². The molecule has 0 amide bonds. The third-order valence-corrected chi connectivity index (χ3v) is 5.61. The largest absolute Gasteiger partial charge is 0.310 e. The van der Waals surface area contributed by atoms with Gasteiger partial charge in [0.2, 0.25) is 0 Å². The van der Waals surface area contributed by atoms with Crippen molar-refractivity contribution in [3.63, 3.8) is 0 Å². The minimum atomic E-state index is 0.422. The lowest BCUT2D eigenvalue weighted by Gasteiger charge is -2.35. The van der Waals surface area contributed by atoms with Crippen LogP contribution in [0, 0.1) is 11.8 Å². The van der Waals surface area contributed by atoms with E-state index in [1.165, 1.54) is 42.1 Å². The van der Waals surface area contributed by atoms with Gasteiger partial charge in [-0.15, -0.1) is 0 Å². The zero-order chi connectivity index (χ0) is 14.5. The van der Waals surface area contributed by atoms with Crippen molar-refractivity contribution < 1.29 is 0 Å². The maximum Gasteiger partial charge on any atom is 0.0410 e. The minimum Gasteiger partial charge on any atom is -0.310 e. The molecule has 1 fully saturated rings. The van der Waals surface area contributed by atoms with Gasteiger partial charge in [0.05, 0.1) is 0 Å². The Morgan fingerprint density at radius 1 is 1.25 bits per heavy atom. The highest BCUT2D eigenvalue weighted by Crippen LogP contribution is 2.40. The van der Waals surface area contributed by atoms with Gasteiger partial charge < -0.3 is 5.32 Å². The van der Waals surface area contributed by atoms with E-state index in [1.54, 1.807) is 0 Å². The van der Waals surface area contributed by atoms with Crippen molar-refractivity contribution >= 4 is 27.5 Å². The molecule has 2 rings (SSSR count). The van der Waals surface area contributed by atoms with E-state index >= 15 is 0 Å². The molecule has 1 unspecified atom stereocenters. The average molecular weight is 359 g/mol. The van der Waals surface area contributed by atoms with Crippen molar-refractivity contribution in [1.82, 2.24) is 5.32 Å². The first-order valence-electron chi connectivity index (χ1n) is 7.84. The van der Waals surface area contributed by atoms with Crippen LogP contribution in [-0.4, -0.2) is 6.54 Å². The first-order chi connectivity index (χ1) is 9.65. The van der Waals surface area contributed by atoms with Crippen LogP contribution in [0.4, 0.5) is 0 Å². The van der Waals surface area contributed by atoms with Crippen molar-refractivity contribution in [3.8, 4) is 0 Å². The van der Waals surface area contributed by atoms with E-state index < -0.39 is 0 Å². The molecule has 112 valence electrons. The fraction of sp³-hybridized carbons (Fsp3) is 0.647. The maximum absolute atomic E-state index is 6.20. The molecular formula is C17H25BrClN. The molecule has 0 heterocycles. The first-order valence-corrected chi connectivity index (χ1v) is 9.01. The van der Waals surface area contributed by atoms with Crippen LogP contribution < -0.4 is 5.32 Å². The van der Waals surface area contributed by atoms with Crippen LogP contribution in [0.25, 0.3) is 0 Å². The molecule has 0 radical (unpaired) electrons. The number of hydrogen-bond donors (Lipinski definition) is 1. The second-order valence-electron chi connectivity index (χ2n) is 5.89. The van der Waals surface area contributed by atoms with Crippen LogP contribution in [0.5, 0.6) is 0 Å². The Hall–Kier alpha value is -0.0500. The Morgan fingerprint density at radius 3 is 2.55 bits per heavy atom. The van der Waals surface area contributed by atoms with Gasteiger partial charge in [-0.25, -0.2) is 0 Å². The second kappa shape index (κ2) is 7.82. The van der Waals surface area contributed by atoms with Crippen LogP contribution >= 0.6 is 27.5 Å². The minimum absolute atomic E-state index is 0.422. The van der Waals surface area contributed by atoms with E-state index in [4.69, 9.17) is 11.6 Å². The molecule has 1 saturated carbocycles. The zero-order valence-electron chi connectivity index (χ0n) is 12.5. The molecule has 1 aliphatic rings. The first kappa shape index (κ1) is 16.3. The van der Waals surface area contributed by atoms with Gasteiger partial charge in [0, 0.05) is 15.5 Å². The predicted molar refractivity (Wildman–Crippen MR) is 91.3 cm³/mol. The van der Waals surface area contributed by atoms with E-state index in [-0.39, 0.29) is 0 Å². The van der Waals surface area contributed by atoms with E-state index in [9.17, 15) is 0 Å². The SMILES string of the molecule is CCNC(c1cc(Cl)ccc1Br)C1CCC(CC)CC1. The molecular weight excluding hydrogens is 334 g/mol. The van der Waals surface area contributed by atoms with Gasteiger partial charge in [-0.2, -0.15) is 0 Å². The molecule has 3 heteroatoms. The molecule has 1 aromatic carbocycles. The Labute approximate surface area is 136 Å². The highest BCUT2D eigenvalue weighted by atomic mass is 79.9. The molecule has 1 nitrogen and oxygen atoms in total. The molecule has 1 aromatic rings. The Kier molecular flexibility index (Phi) is 6.38. The summed E-state index contributed by atoms with van der Waals surface area (Å²) in [5, 5.41) is 4.51. The van der Waals surface area contributed by atoms with Gasteiger partial charge >= 0.3 is 0 Å². The summed E-state index contributed by atoms with van der Waals surface area (Å²) in [6, 6.07) is 6.56. The number of halogens is 2. The van der Waals surface area contributed by atoms with E-state index in [2.05, 4.69) is 47.2 Å². The molecule has 0 spiro atoms. The Balaban J connectivity index is 2.16. The molecule has 20 heavy (non-hydrogen) atoms.